The van der Waals surface area contributed by atoms with E-state index in [-0.39, 0.29) is 11.1 Å². The third-order valence-corrected chi connectivity index (χ3v) is 5.98. The number of hydrogen-bond acceptors (Lipinski definition) is 4. The molecule has 158 valence electrons. The normalized spacial score (nSPS) is 13.8. The van der Waals surface area contributed by atoms with Crippen molar-refractivity contribution < 1.29 is 8.78 Å². The molecule has 1 aliphatic rings. The monoisotopic (exact) mass is 421 g/mol. The minimum atomic E-state index is -2.62. The standard InChI is InChI=1S/C23H21F2N5O/c1-13-8-18-19(29(2)23(13)31)5-6-26-22(18)30-7-3-4-14-9-16(15-11-27-28-12-15)17(21(24)25)10-20(14)30/h5-6,8-12,21H,3-4,7H2,1-2H3,(H,27,28). The van der Waals surface area contributed by atoms with Crippen LogP contribution in [0.2, 0.25) is 0 Å². The minimum Gasteiger partial charge on any atom is -0.326 e. The molecule has 0 aliphatic carbocycles. The average molecular weight is 421 g/mol. The van der Waals surface area contributed by atoms with E-state index in [9.17, 15) is 13.6 Å². The Balaban J connectivity index is 1.73. The maximum absolute atomic E-state index is 14.0. The third-order valence-electron chi connectivity index (χ3n) is 5.98. The molecule has 31 heavy (non-hydrogen) atoms. The lowest BCUT2D eigenvalue weighted by atomic mass is 9.93. The van der Waals surface area contributed by atoms with Gasteiger partial charge in [0.15, 0.2) is 0 Å². The largest absolute Gasteiger partial charge is 0.326 e. The predicted molar refractivity (Wildman–Crippen MR) is 116 cm³/mol. The first-order valence-corrected chi connectivity index (χ1v) is 10.1. The Bertz CT molecular complexity index is 1340. The van der Waals surface area contributed by atoms with Crippen molar-refractivity contribution in [3.63, 3.8) is 0 Å². The van der Waals surface area contributed by atoms with Crippen LogP contribution in [0.15, 0.2) is 47.7 Å². The zero-order chi connectivity index (χ0) is 21.7. The fourth-order valence-electron chi connectivity index (χ4n) is 4.45. The van der Waals surface area contributed by atoms with Gasteiger partial charge < -0.3 is 9.47 Å². The van der Waals surface area contributed by atoms with Crippen LogP contribution < -0.4 is 10.5 Å². The lowest BCUT2D eigenvalue weighted by molar-refractivity contribution is 0.152. The lowest BCUT2D eigenvalue weighted by Gasteiger charge is -2.32. The van der Waals surface area contributed by atoms with Gasteiger partial charge in [-0.1, -0.05) is 0 Å². The smallest absolute Gasteiger partial charge is 0.264 e. The van der Waals surface area contributed by atoms with Crippen LogP contribution in [-0.2, 0) is 13.5 Å². The van der Waals surface area contributed by atoms with E-state index in [0.717, 1.165) is 35.0 Å². The molecule has 0 atom stereocenters. The maximum Gasteiger partial charge on any atom is 0.264 e. The first-order valence-electron chi connectivity index (χ1n) is 10.1. The molecule has 0 fully saturated rings. The molecular formula is C23H21F2N5O. The molecule has 1 N–H and O–H groups in total. The molecule has 8 heteroatoms. The Kier molecular flexibility index (Phi) is 4.57. The Labute approximate surface area is 177 Å². The van der Waals surface area contributed by atoms with Crippen molar-refractivity contribution in [1.29, 1.82) is 0 Å². The summed E-state index contributed by atoms with van der Waals surface area (Å²) in [5.74, 6) is 0.674. The summed E-state index contributed by atoms with van der Waals surface area (Å²) >= 11 is 0. The number of anilines is 2. The highest BCUT2D eigenvalue weighted by atomic mass is 19.3. The number of nitrogens with zero attached hydrogens (tertiary/aromatic N) is 4. The molecule has 0 bridgehead atoms. The SMILES string of the molecule is Cc1cc2c(N3CCCc4cc(-c5cn[nH]c5)c(C(F)F)cc43)nccc2n(C)c1=O. The van der Waals surface area contributed by atoms with Gasteiger partial charge in [0.05, 0.1) is 11.7 Å². The number of aromatic nitrogens is 4. The van der Waals surface area contributed by atoms with Crippen molar-refractivity contribution in [1.82, 2.24) is 19.7 Å². The van der Waals surface area contributed by atoms with Crippen molar-refractivity contribution in [2.45, 2.75) is 26.2 Å². The minimum absolute atomic E-state index is 0.0316. The van der Waals surface area contributed by atoms with Crippen molar-refractivity contribution in [2.75, 3.05) is 11.4 Å². The summed E-state index contributed by atoms with van der Waals surface area (Å²) < 4.78 is 29.6. The Morgan fingerprint density at radius 1 is 1.23 bits per heavy atom. The molecule has 1 aromatic carbocycles. The zero-order valence-electron chi connectivity index (χ0n) is 17.2. The van der Waals surface area contributed by atoms with Crippen LogP contribution >= 0.6 is 0 Å². The zero-order valence-corrected chi connectivity index (χ0v) is 17.2. The van der Waals surface area contributed by atoms with Gasteiger partial charge in [0.2, 0.25) is 0 Å². The number of alkyl halides is 2. The number of halogens is 2. The fourth-order valence-corrected chi connectivity index (χ4v) is 4.45. The van der Waals surface area contributed by atoms with Crippen LogP contribution in [0.25, 0.3) is 22.0 Å². The van der Waals surface area contributed by atoms with Crippen LogP contribution in [0.5, 0.6) is 0 Å². The number of nitrogens with one attached hydrogen (secondary N) is 1. The number of benzene rings is 1. The number of aryl methyl sites for hydroxylation is 3. The lowest BCUT2D eigenvalue weighted by Crippen LogP contribution is -2.27. The molecule has 4 heterocycles. The number of pyridine rings is 2. The van der Waals surface area contributed by atoms with Crippen molar-refractivity contribution in [3.8, 4) is 11.1 Å². The number of rotatable bonds is 3. The van der Waals surface area contributed by atoms with Crippen molar-refractivity contribution in [2.24, 2.45) is 7.05 Å². The summed E-state index contributed by atoms with van der Waals surface area (Å²) in [6.07, 6.45) is 3.89. The molecule has 0 spiro atoms. The van der Waals surface area contributed by atoms with Crippen LogP contribution in [-0.4, -0.2) is 26.3 Å². The van der Waals surface area contributed by atoms with Gasteiger partial charge in [-0.2, -0.15) is 5.10 Å². The van der Waals surface area contributed by atoms with Crippen molar-refractivity contribution in [3.05, 3.63) is 69.9 Å². The van der Waals surface area contributed by atoms with Crippen LogP contribution in [0.1, 0.15) is 29.5 Å². The van der Waals surface area contributed by atoms with Gasteiger partial charge in [0.1, 0.15) is 5.82 Å². The van der Waals surface area contributed by atoms with E-state index >= 15 is 0 Å². The first kappa shape index (κ1) is 19.4. The van der Waals surface area contributed by atoms with Crippen LogP contribution in [0, 0.1) is 6.92 Å². The second-order valence-corrected chi connectivity index (χ2v) is 7.87. The third kappa shape index (κ3) is 3.10. The topological polar surface area (TPSA) is 66.8 Å². The van der Waals surface area contributed by atoms with E-state index in [1.807, 2.05) is 17.0 Å². The summed E-state index contributed by atoms with van der Waals surface area (Å²) in [5.41, 5.74) is 4.15. The highest BCUT2D eigenvalue weighted by Gasteiger charge is 2.26. The number of aromatic amines is 1. The van der Waals surface area contributed by atoms with E-state index < -0.39 is 6.43 Å². The number of H-pyrrole nitrogens is 1. The van der Waals surface area contributed by atoms with Gasteiger partial charge in [-0.25, -0.2) is 13.8 Å². The molecule has 0 saturated carbocycles. The Morgan fingerprint density at radius 3 is 2.81 bits per heavy atom. The van der Waals surface area contributed by atoms with E-state index in [4.69, 9.17) is 0 Å². The number of fused-ring (bicyclic) bond motifs is 2. The highest BCUT2D eigenvalue weighted by molar-refractivity contribution is 5.93. The molecule has 0 saturated heterocycles. The van der Waals surface area contributed by atoms with Gasteiger partial charge in [0, 0.05) is 53.8 Å². The highest BCUT2D eigenvalue weighted by Crippen LogP contribution is 2.41. The summed E-state index contributed by atoms with van der Waals surface area (Å²) in [7, 11) is 1.73. The molecule has 5 rings (SSSR count). The van der Waals surface area contributed by atoms with Crippen LogP contribution in [0.4, 0.5) is 20.3 Å². The van der Waals surface area contributed by atoms with Gasteiger partial charge in [-0.05, 0) is 55.2 Å². The Morgan fingerprint density at radius 2 is 2.06 bits per heavy atom. The number of hydrogen-bond donors (Lipinski definition) is 1. The summed E-state index contributed by atoms with van der Waals surface area (Å²) in [4.78, 5) is 19.0. The van der Waals surface area contributed by atoms with E-state index in [1.54, 1.807) is 49.3 Å². The van der Waals surface area contributed by atoms with Gasteiger partial charge >= 0.3 is 0 Å². The average Bonchev–Trinajstić information content (AvgIpc) is 3.31. The van der Waals surface area contributed by atoms with E-state index in [0.29, 0.717) is 29.1 Å². The molecule has 6 nitrogen and oxygen atoms in total. The summed E-state index contributed by atoms with van der Waals surface area (Å²) in [5, 5.41) is 7.44. The molecule has 0 unspecified atom stereocenters. The molecule has 3 aromatic heterocycles. The summed E-state index contributed by atoms with van der Waals surface area (Å²) in [6.45, 7) is 2.43. The molecule has 1 aliphatic heterocycles. The second-order valence-electron chi connectivity index (χ2n) is 7.87. The molecular weight excluding hydrogens is 400 g/mol. The second kappa shape index (κ2) is 7.30. The van der Waals surface area contributed by atoms with E-state index in [1.165, 1.54) is 0 Å². The maximum atomic E-state index is 14.0. The summed E-state index contributed by atoms with van der Waals surface area (Å²) in [6, 6.07) is 7.07. The van der Waals surface area contributed by atoms with Gasteiger partial charge in [-0.15, -0.1) is 0 Å². The van der Waals surface area contributed by atoms with E-state index in [2.05, 4.69) is 15.2 Å². The van der Waals surface area contributed by atoms with Gasteiger partial charge in [0.25, 0.3) is 12.0 Å². The van der Waals surface area contributed by atoms with Crippen LogP contribution in [0.3, 0.4) is 0 Å². The molecule has 4 aromatic rings. The first-order chi connectivity index (χ1) is 15.0. The Hall–Kier alpha value is -3.55. The molecule has 0 amide bonds. The van der Waals surface area contributed by atoms with Crippen molar-refractivity contribution >= 4 is 22.4 Å². The predicted octanol–water partition coefficient (Wildman–Crippen LogP) is 4.65. The van der Waals surface area contributed by atoms with Gasteiger partial charge in [-0.3, -0.25) is 9.89 Å². The molecule has 0 radical (unpaired) electrons. The fraction of sp³-hybridized carbons (Fsp3) is 0.261. The quantitative estimate of drug-likeness (QED) is 0.523.